The lowest BCUT2D eigenvalue weighted by molar-refractivity contribution is 0.0497. The third kappa shape index (κ3) is 2.63. The van der Waals surface area contributed by atoms with Gasteiger partial charge in [-0.15, -0.1) is 0 Å². The van der Waals surface area contributed by atoms with Crippen LogP contribution in [0.25, 0.3) is 0 Å². The molecular formula is C11H13N3O. The second-order valence-electron chi connectivity index (χ2n) is 3.33. The molecule has 2 rings (SSSR count). The van der Waals surface area contributed by atoms with Crippen molar-refractivity contribution in [3.8, 4) is 0 Å². The number of ether oxygens (including phenoxy) is 1. The van der Waals surface area contributed by atoms with Gasteiger partial charge in [-0.05, 0) is 12.5 Å². The molecule has 1 N–H and O–H groups in total. The normalized spacial score (nSPS) is 12.6. The quantitative estimate of drug-likeness (QED) is 0.827. The summed E-state index contributed by atoms with van der Waals surface area (Å²) in [6.45, 7) is 2.55. The Labute approximate surface area is 88.3 Å². The SMILES string of the molecule is CC(OCc1ccccc1)c1cn[nH]n1. The molecule has 0 bridgehead atoms. The number of aromatic nitrogens is 3. The number of hydrogen-bond donors (Lipinski definition) is 1. The van der Waals surface area contributed by atoms with Crippen LogP contribution in [0.2, 0.25) is 0 Å². The van der Waals surface area contributed by atoms with E-state index in [1.807, 2.05) is 37.3 Å². The number of aromatic amines is 1. The molecule has 0 saturated carbocycles. The second kappa shape index (κ2) is 4.70. The van der Waals surface area contributed by atoms with Crippen molar-refractivity contribution in [2.75, 3.05) is 0 Å². The van der Waals surface area contributed by atoms with Gasteiger partial charge in [-0.1, -0.05) is 30.3 Å². The molecule has 0 aliphatic rings. The molecular weight excluding hydrogens is 190 g/mol. The van der Waals surface area contributed by atoms with Crippen molar-refractivity contribution in [2.24, 2.45) is 0 Å². The van der Waals surface area contributed by atoms with Gasteiger partial charge < -0.3 is 4.74 Å². The molecule has 1 aromatic heterocycles. The van der Waals surface area contributed by atoms with Gasteiger partial charge in [-0.2, -0.15) is 15.4 Å². The number of benzene rings is 1. The van der Waals surface area contributed by atoms with E-state index in [4.69, 9.17) is 4.74 Å². The molecule has 1 atom stereocenters. The Morgan fingerprint density at radius 3 is 2.80 bits per heavy atom. The number of nitrogens with zero attached hydrogens (tertiary/aromatic N) is 2. The molecule has 15 heavy (non-hydrogen) atoms. The summed E-state index contributed by atoms with van der Waals surface area (Å²) in [5, 5.41) is 10.3. The molecule has 4 nitrogen and oxygen atoms in total. The van der Waals surface area contributed by atoms with Gasteiger partial charge in [0.05, 0.1) is 12.8 Å². The van der Waals surface area contributed by atoms with Gasteiger partial charge >= 0.3 is 0 Å². The van der Waals surface area contributed by atoms with E-state index in [-0.39, 0.29) is 6.10 Å². The standard InChI is InChI=1S/C11H13N3O/c1-9(11-7-12-14-13-11)15-8-10-5-3-2-4-6-10/h2-7,9H,8H2,1H3,(H,12,13,14). The summed E-state index contributed by atoms with van der Waals surface area (Å²) in [6.07, 6.45) is 1.64. The Balaban J connectivity index is 1.89. The van der Waals surface area contributed by atoms with Crippen LogP contribution in [0.15, 0.2) is 36.5 Å². The molecule has 0 amide bonds. The molecule has 0 aliphatic carbocycles. The summed E-state index contributed by atoms with van der Waals surface area (Å²) in [7, 11) is 0. The predicted octanol–water partition coefficient (Wildman–Crippen LogP) is 2.08. The van der Waals surface area contributed by atoms with Crippen LogP contribution in [0, 0.1) is 0 Å². The summed E-state index contributed by atoms with van der Waals surface area (Å²) in [6, 6.07) is 10.1. The van der Waals surface area contributed by atoms with Crippen LogP contribution in [0.3, 0.4) is 0 Å². The number of hydrogen-bond acceptors (Lipinski definition) is 3. The average Bonchev–Trinajstić information content (AvgIpc) is 2.81. The number of nitrogens with one attached hydrogen (secondary N) is 1. The maximum absolute atomic E-state index is 5.65. The molecule has 2 aromatic rings. The van der Waals surface area contributed by atoms with Crippen molar-refractivity contribution >= 4 is 0 Å². The fraction of sp³-hybridized carbons (Fsp3) is 0.273. The van der Waals surface area contributed by atoms with Crippen molar-refractivity contribution in [1.29, 1.82) is 0 Å². The topological polar surface area (TPSA) is 50.8 Å². The third-order valence-corrected chi connectivity index (χ3v) is 2.19. The molecule has 0 saturated heterocycles. The Morgan fingerprint density at radius 2 is 2.13 bits per heavy atom. The Morgan fingerprint density at radius 1 is 1.33 bits per heavy atom. The fourth-order valence-corrected chi connectivity index (χ4v) is 1.29. The summed E-state index contributed by atoms with van der Waals surface area (Å²) >= 11 is 0. The van der Waals surface area contributed by atoms with Crippen molar-refractivity contribution < 1.29 is 4.74 Å². The van der Waals surface area contributed by atoms with Gasteiger partial charge in [0.2, 0.25) is 0 Å². The van der Waals surface area contributed by atoms with Crippen molar-refractivity contribution in [2.45, 2.75) is 19.6 Å². The van der Waals surface area contributed by atoms with E-state index in [0.717, 1.165) is 11.3 Å². The molecule has 1 unspecified atom stereocenters. The first-order chi connectivity index (χ1) is 7.36. The zero-order valence-electron chi connectivity index (χ0n) is 8.55. The van der Waals surface area contributed by atoms with E-state index in [2.05, 4.69) is 15.4 Å². The van der Waals surface area contributed by atoms with E-state index in [0.29, 0.717) is 6.61 Å². The molecule has 0 fully saturated rings. The highest BCUT2D eigenvalue weighted by molar-refractivity contribution is 5.13. The highest BCUT2D eigenvalue weighted by Crippen LogP contribution is 2.14. The van der Waals surface area contributed by atoms with Gasteiger partial charge in [0.25, 0.3) is 0 Å². The van der Waals surface area contributed by atoms with E-state index >= 15 is 0 Å². The second-order valence-corrected chi connectivity index (χ2v) is 3.33. The lowest BCUT2D eigenvalue weighted by atomic mass is 10.2. The van der Waals surface area contributed by atoms with E-state index in [9.17, 15) is 0 Å². The average molecular weight is 203 g/mol. The van der Waals surface area contributed by atoms with Gasteiger partial charge in [0.15, 0.2) is 0 Å². The Hall–Kier alpha value is -1.68. The van der Waals surface area contributed by atoms with E-state index < -0.39 is 0 Å². The number of H-pyrrole nitrogens is 1. The van der Waals surface area contributed by atoms with Crippen LogP contribution in [-0.4, -0.2) is 15.4 Å². The predicted molar refractivity (Wildman–Crippen MR) is 56.0 cm³/mol. The van der Waals surface area contributed by atoms with Gasteiger partial charge in [0.1, 0.15) is 11.8 Å². The summed E-state index contributed by atoms with van der Waals surface area (Å²) in [5.41, 5.74) is 1.98. The van der Waals surface area contributed by atoms with Crippen LogP contribution in [0.4, 0.5) is 0 Å². The first-order valence-corrected chi connectivity index (χ1v) is 4.87. The highest BCUT2D eigenvalue weighted by atomic mass is 16.5. The smallest absolute Gasteiger partial charge is 0.111 e. The van der Waals surface area contributed by atoms with Crippen molar-refractivity contribution in [3.63, 3.8) is 0 Å². The van der Waals surface area contributed by atoms with Gasteiger partial charge in [0, 0.05) is 0 Å². The van der Waals surface area contributed by atoms with Crippen LogP contribution in [0.1, 0.15) is 24.3 Å². The molecule has 78 valence electrons. The molecule has 0 aliphatic heterocycles. The lowest BCUT2D eigenvalue weighted by Crippen LogP contribution is -2.00. The van der Waals surface area contributed by atoms with Gasteiger partial charge in [-0.3, -0.25) is 0 Å². The summed E-state index contributed by atoms with van der Waals surface area (Å²) in [5.74, 6) is 0. The fourth-order valence-electron chi connectivity index (χ4n) is 1.29. The first kappa shape index (κ1) is 9.86. The minimum Gasteiger partial charge on any atom is -0.367 e. The minimum absolute atomic E-state index is 0.0380. The van der Waals surface area contributed by atoms with E-state index in [1.165, 1.54) is 0 Å². The summed E-state index contributed by atoms with van der Waals surface area (Å²) in [4.78, 5) is 0. The Kier molecular flexibility index (Phi) is 3.09. The molecule has 1 aromatic carbocycles. The van der Waals surface area contributed by atoms with E-state index in [1.54, 1.807) is 6.20 Å². The Bertz CT molecular complexity index is 385. The van der Waals surface area contributed by atoms with Crippen molar-refractivity contribution in [3.05, 3.63) is 47.8 Å². The van der Waals surface area contributed by atoms with Crippen LogP contribution < -0.4 is 0 Å². The minimum atomic E-state index is -0.0380. The monoisotopic (exact) mass is 203 g/mol. The third-order valence-electron chi connectivity index (χ3n) is 2.19. The van der Waals surface area contributed by atoms with Crippen LogP contribution >= 0.6 is 0 Å². The van der Waals surface area contributed by atoms with Gasteiger partial charge in [-0.25, -0.2) is 0 Å². The van der Waals surface area contributed by atoms with Crippen LogP contribution in [-0.2, 0) is 11.3 Å². The first-order valence-electron chi connectivity index (χ1n) is 4.87. The molecule has 4 heteroatoms. The molecule has 0 spiro atoms. The largest absolute Gasteiger partial charge is 0.367 e. The highest BCUT2D eigenvalue weighted by Gasteiger charge is 2.08. The maximum atomic E-state index is 5.65. The summed E-state index contributed by atoms with van der Waals surface area (Å²) < 4.78 is 5.65. The lowest BCUT2D eigenvalue weighted by Gasteiger charge is -2.09. The zero-order chi connectivity index (χ0) is 10.5. The zero-order valence-corrected chi connectivity index (χ0v) is 8.55. The number of rotatable bonds is 4. The maximum Gasteiger partial charge on any atom is 0.111 e. The molecule has 1 heterocycles. The van der Waals surface area contributed by atoms with Crippen LogP contribution in [0.5, 0.6) is 0 Å². The van der Waals surface area contributed by atoms with Crippen molar-refractivity contribution in [1.82, 2.24) is 15.4 Å². The molecule has 0 radical (unpaired) electrons.